The van der Waals surface area contributed by atoms with Crippen LogP contribution >= 0.6 is 0 Å². The van der Waals surface area contributed by atoms with E-state index in [0.29, 0.717) is 18.6 Å². The molecule has 1 aliphatic rings. The lowest BCUT2D eigenvalue weighted by Gasteiger charge is -2.14. The molecule has 0 aliphatic heterocycles. The molecule has 17 heavy (non-hydrogen) atoms. The molecular weight excluding hydrogens is 216 g/mol. The van der Waals surface area contributed by atoms with E-state index >= 15 is 0 Å². The van der Waals surface area contributed by atoms with Crippen molar-refractivity contribution in [3.05, 3.63) is 24.5 Å². The lowest BCUT2D eigenvalue weighted by molar-refractivity contribution is 0.229. The van der Waals surface area contributed by atoms with E-state index in [1.807, 2.05) is 16.6 Å². The fraction of sp³-hybridized carbons (Fsp3) is 0.500. The smallest absolute Gasteiger partial charge is 0.157 e. The van der Waals surface area contributed by atoms with Crippen LogP contribution in [-0.4, -0.2) is 32.4 Å². The molecule has 0 saturated heterocycles. The number of fused-ring (bicyclic) bond motifs is 1. The SMILES string of the molecule is OCC1CCC(Nc2ccnc3ccnn23)C1. The van der Waals surface area contributed by atoms with Gasteiger partial charge < -0.3 is 10.4 Å². The summed E-state index contributed by atoms with van der Waals surface area (Å²) in [5.41, 5.74) is 0.853. The van der Waals surface area contributed by atoms with Crippen LogP contribution in [0, 0.1) is 5.92 Å². The third kappa shape index (κ3) is 1.98. The second-order valence-corrected chi connectivity index (χ2v) is 4.63. The Hall–Kier alpha value is -1.62. The van der Waals surface area contributed by atoms with Crippen molar-refractivity contribution in [1.29, 1.82) is 0 Å². The fourth-order valence-electron chi connectivity index (χ4n) is 2.52. The van der Waals surface area contributed by atoms with Crippen LogP contribution in [0.25, 0.3) is 5.65 Å². The first-order chi connectivity index (χ1) is 8.36. The number of rotatable bonds is 3. The third-order valence-electron chi connectivity index (χ3n) is 3.44. The summed E-state index contributed by atoms with van der Waals surface area (Å²) < 4.78 is 1.81. The summed E-state index contributed by atoms with van der Waals surface area (Å²) in [5, 5.41) is 16.9. The van der Waals surface area contributed by atoms with E-state index in [0.717, 1.165) is 30.7 Å². The van der Waals surface area contributed by atoms with E-state index in [1.54, 1.807) is 12.4 Å². The summed E-state index contributed by atoms with van der Waals surface area (Å²) in [6.45, 7) is 0.297. The van der Waals surface area contributed by atoms with Gasteiger partial charge in [0.1, 0.15) is 5.82 Å². The van der Waals surface area contributed by atoms with E-state index in [1.165, 1.54) is 0 Å². The van der Waals surface area contributed by atoms with Gasteiger partial charge in [0.2, 0.25) is 0 Å². The van der Waals surface area contributed by atoms with Gasteiger partial charge in [-0.15, -0.1) is 0 Å². The summed E-state index contributed by atoms with van der Waals surface area (Å²) in [6.07, 6.45) is 6.77. The second kappa shape index (κ2) is 4.33. The van der Waals surface area contributed by atoms with Gasteiger partial charge in [0, 0.05) is 24.9 Å². The Morgan fingerprint density at radius 2 is 2.29 bits per heavy atom. The number of hydrogen-bond acceptors (Lipinski definition) is 4. The van der Waals surface area contributed by atoms with Crippen molar-refractivity contribution in [3.8, 4) is 0 Å². The van der Waals surface area contributed by atoms with Gasteiger partial charge in [-0.3, -0.25) is 0 Å². The molecule has 2 N–H and O–H groups in total. The molecule has 2 aromatic heterocycles. The summed E-state index contributed by atoms with van der Waals surface area (Å²) in [7, 11) is 0. The van der Waals surface area contributed by atoms with E-state index in [4.69, 9.17) is 5.11 Å². The first kappa shape index (κ1) is 10.5. The van der Waals surface area contributed by atoms with Crippen molar-refractivity contribution < 1.29 is 5.11 Å². The second-order valence-electron chi connectivity index (χ2n) is 4.63. The highest BCUT2D eigenvalue weighted by atomic mass is 16.3. The quantitative estimate of drug-likeness (QED) is 0.837. The molecule has 2 heterocycles. The van der Waals surface area contributed by atoms with Crippen molar-refractivity contribution >= 4 is 11.5 Å². The van der Waals surface area contributed by atoms with E-state index in [9.17, 15) is 0 Å². The molecule has 0 bridgehead atoms. The zero-order chi connectivity index (χ0) is 11.7. The molecule has 0 aromatic carbocycles. The highest BCUT2D eigenvalue weighted by molar-refractivity contribution is 5.47. The molecule has 5 nitrogen and oxygen atoms in total. The first-order valence-corrected chi connectivity index (χ1v) is 6.03. The molecule has 3 rings (SSSR count). The van der Waals surface area contributed by atoms with Gasteiger partial charge in [-0.25, -0.2) is 4.98 Å². The van der Waals surface area contributed by atoms with Crippen LogP contribution in [0.1, 0.15) is 19.3 Å². The Balaban J connectivity index is 1.79. The molecule has 1 fully saturated rings. The summed E-state index contributed by atoms with van der Waals surface area (Å²) in [5.74, 6) is 1.42. The van der Waals surface area contributed by atoms with Gasteiger partial charge in [0.25, 0.3) is 0 Å². The molecule has 2 unspecified atom stereocenters. The predicted octanol–water partition coefficient (Wildman–Crippen LogP) is 1.30. The number of anilines is 1. The average Bonchev–Trinajstić information content (AvgIpc) is 2.97. The molecule has 0 radical (unpaired) electrons. The first-order valence-electron chi connectivity index (χ1n) is 6.03. The van der Waals surface area contributed by atoms with E-state index in [2.05, 4.69) is 15.4 Å². The fourth-order valence-corrected chi connectivity index (χ4v) is 2.52. The minimum Gasteiger partial charge on any atom is -0.396 e. The van der Waals surface area contributed by atoms with Gasteiger partial charge in [-0.05, 0) is 31.2 Å². The van der Waals surface area contributed by atoms with Crippen LogP contribution in [-0.2, 0) is 0 Å². The maximum absolute atomic E-state index is 9.13. The van der Waals surface area contributed by atoms with Crippen molar-refractivity contribution in [2.24, 2.45) is 5.92 Å². The number of nitrogens with one attached hydrogen (secondary N) is 1. The van der Waals surface area contributed by atoms with Gasteiger partial charge in [-0.2, -0.15) is 9.61 Å². The highest BCUT2D eigenvalue weighted by Crippen LogP contribution is 2.27. The number of aromatic nitrogens is 3. The standard InChI is InChI=1S/C12H16N4O/c17-8-9-1-2-10(7-9)15-12-3-5-13-11-4-6-14-16(11)12/h3-6,9-10,15,17H,1-2,7-8H2. The topological polar surface area (TPSA) is 62.5 Å². The van der Waals surface area contributed by atoms with Gasteiger partial charge in [-0.1, -0.05) is 0 Å². The van der Waals surface area contributed by atoms with Gasteiger partial charge in [0.15, 0.2) is 5.65 Å². The van der Waals surface area contributed by atoms with E-state index in [-0.39, 0.29) is 0 Å². The maximum atomic E-state index is 9.13. The molecule has 2 aromatic rings. The molecule has 90 valence electrons. The molecule has 1 saturated carbocycles. The third-order valence-corrected chi connectivity index (χ3v) is 3.44. The van der Waals surface area contributed by atoms with Crippen molar-refractivity contribution in [2.45, 2.75) is 25.3 Å². The monoisotopic (exact) mass is 232 g/mol. The van der Waals surface area contributed by atoms with Gasteiger partial charge >= 0.3 is 0 Å². The van der Waals surface area contributed by atoms with Gasteiger partial charge in [0.05, 0.1) is 6.20 Å². The Bertz CT molecular complexity index is 510. The molecule has 1 aliphatic carbocycles. The zero-order valence-electron chi connectivity index (χ0n) is 9.58. The van der Waals surface area contributed by atoms with Crippen molar-refractivity contribution in [2.75, 3.05) is 11.9 Å². The average molecular weight is 232 g/mol. The maximum Gasteiger partial charge on any atom is 0.157 e. The molecule has 0 spiro atoms. The van der Waals surface area contributed by atoms with Crippen molar-refractivity contribution in [3.63, 3.8) is 0 Å². The van der Waals surface area contributed by atoms with Crippen LogP contribution in [0.4, 0.5) is 5.82 Å². The van der Waals surface area contributed by atoms with Crippen LogP contribution < -0.4 is 5.32 Å². The minimum absolute atomic E-state index is 0.297. The molecular formula is C12H16N4O. The number of hydrogen-bond donors (Lipinski definition) is 2. The normalized spacial score (nSPS) is 24.3. The van der Waals surface area contributed by atoms with Crippen LogP contribution in [0.15, 0.2) is 24.5 Å². The lowest BCUT2D eigenvalue weighted by atomic mass is 10.1. The minimum atomic E-state index is 0.297. The number of aliphatic hydroxyl groups excluding tert-OH is 1. The lowest BCUT2D eigenvalue weighted by Crippen LogP contribution is -2.18. The Morgan fingerprint density at radius 3 is 3.12 bits per heavy atom. The summed E-state index contributed by atoms with van der Waals surface area (Å²) in [6, 6.07) is 4.25. The zero-order valence-corrected chi connectivity index (χ0v) is 9.58. The summed E-state index contributed by atoms with van der Waals surface area (Å²) in [4.78, 5) is 4.23. The Labute approximate surface area is 99.5 Å². The van der Waals surface area contributed by atoms with Crippen molar-refractivity contribution in [1.82, 2.24) is 14.6 Å². The largest absolute Gasteiger partial charge is 0.396 e. The molecule has 2 atom stereocenters. The van der Waals surface area contributed by atoms with Crippen LogP contribution in [0.2, 0.25) is 0 Å². The number of aliphatic hydroxyl groups is 1. The Morgan fingerprint density at radius 1 is 1.35 bits per heavy atom. The Kier molecular flexibility index (Phi) is 2.68. The van der Waals surface area contributed by atoms with Crippen LogP contribution in [0.5, 0.6) is 0 Å². The highest BCUT2D eigenvalue weighted by Gasteiger charge is 2.24. The summed E-state index contributed by atoms with van der Waals surface area (Å²) >= 11 is 0. The van der Waals surface area contributed by atoms with E-state index < -0.39 is 0 Å². The van der Waals surface area contributed by atoms with Crippen LogP contribution in [0.3, 0.4) is 0 Å². The number of nitrogens with zero attached hydrogens (tertiary/aromatic N) is 3. The predicted molar refractivity (Wildman–Crippen MR) is 64.8 cm³/mol. The molecule has 0 amide bonds. The molecule has 5 heteroatoms.